The van der Waals surface area contributed by atoms with Gasteiger partial charge in [0, 0.05) is 12.0 Å². The third kappa shape index (κ3) is 1.18. The zero-order chi connectivity index (χ0) is 7.78. The van der Waals surface area contributed by atoms with Crippen molar-refractivity contribution in [2.45, 2.75) is 39.4 Å². The van der Waals surface area contributed by atoms with E-state index in [0.29, 0.717) is 12.2 Å². The van der Waals surface area contributed by atoms with Gasteiger partial charge in [-0.1, -0.05) is 6.92 Å². The summed E-state index contributed by atoms with van der Waals surface area (Å²) in [6.07, 6.45) is 1.82. The average Bonchev–Trinajstić information content (AvgIpc) is 2.09. The van der Waals surface area contributed by atoms with Gasteiger partial charge in [-0.15, -0.1) is 0 Å². The molecule has 60 valence electrons. The van der Waals surface area contributed by atoms with Crippen LogP contribution in [0.2, 0.25) is 0 Å². The van der Waals surface area contributed by atoms with Gasteiger partial charge in [0.1, 0.15) is 0 Å². The van der Waals surface area contributed by atoms with Crippen LogP contribution >= 0.6 is 0 Å². The van der Waals surface area contributed by atoms with Gasteiger partial charge in [0.2, 0.25) is 0 Å². The van der Waals surface area contributed by atoms with Crippen molar-refractivity contribution >= 4 is 0 Å². The summed E-state index contributed by atoms with van der Waals surface area (Å²) in [5.74, 6) is 0. The van der Waals surface area contributed by atoms with Crippen LogP contribution in [-0.4, -0.2) is 18.8 Å². The lowest BCUT2D eigenvalue weighted by atomic mass is 9.83. The molecule has 1 saturated heterocycles. The highest BCUT2D eigenvalue weighted by Crippen LogP contribution is 2.36. The summed E-state index contributed by atoms with van der Waals surface area (Å²) in [5, 5.41) is 0. The smallest absolute Gasteiger partial charge is 0.0617 e. The van der Waals surface area contributed by atoms with Crippen LogP contribution in [0.4, 0.5) is 0 Å². The van der Waals surface area contributed by atoms with Crippen molar-refractivity contribution in [3.05, 3.63) is 0 Å². The number of ether oxygens (including phenoxy) is 1. The van der Waals surface area contributed by atoms with Crippen LogP contribution in [0.3, 0.4) is 0 Å². The fourth-order valence-corrected chi connectivity index (χ4v) is 1.63. The molecular formula is C8H17NO. The molecule has 2 N–H and O–H groups in total. The lowest BCUT2D eigenvalue weighted by Crippen LogP contribution is -2.33. The molecule has 1 aliphatic heterocycles. The Labute approximate surface area is 62.7 Å². The Hall–Kier alpha value is -0.0800. The molecule has 0 aromatic carbocycles. The molecule has 1 aliphatic rings. The van der Waals surface area contributed by atoms with E-state index in [0.717, 1.165) is 13.0 Å². The minimum absolute atomic E-state index is 0.222. The SMILES string of the molecule is C[C@@H]1C[C@](C)(CN)[C@@H](C)O1. The molecule has 0 unspecified atom stereocenters. The van der Waals surface area contributed by atoms with E-state index in [1.54, 1.807) is 0 Å². The van der Waals surface area contributed by atoms with E-state index in [-0.39, 0.29) is 5.41 Å². The molecular weight excluding hydrogens is 126 g/mol. The molecule has 0 aliphatic carbocycles. The lowest BCUT2D eigenvalue weighted by molar-refractivity contribution is 0.0383. The van der Waals surface area contributed by atoms with Gasteiger partial charge in [0.15, 0.2) is 0 Å². The second-order valence-corrected chi connectivity index (χ2v) is 3.65. The molecule has 1 fully saturated rings. The second-order valence-electron chi connectivity index (χ2n) is 3.65. The number of nitrogens with two attached hydrogens (primary N) is 1. The van der Waals surface area contributed by atoms with E-state index < -0.39 is 0 Å². The first kappa shape index (κ1) is 8.02. The third-order valence-electron chi connectivity index (χ3n) is 2.64. The molecule has 0 spiro atoms. The summed E-state index contributed by atoms with van der Waals surface area (Å²) in [6, 6.07) is 0. The van der Waals surface area contributed by atoms with Gasteiger partial charge in [-0.05, 0) is 20.3 Å². The fraction of sp³-hybridized carbons (Fsp3) is 1.00. The molecule has 0 radical (unpaired) electrons. The molecule has 0 aromatic heterocycles. The largest absolute Gasteiger partial charge is 0.375 e. The van der Waals surface area contributed by atoms with E-state index >= 15 is 0 Å². The van der Waals surface area contributed by atoms with Crippen molar-refractivity contribution < 1.29 is 4.74 Å². The predicted octanol–water partition coefficient (Wildman–Crippen LogP) is 1.15. The predicted molar refractivity (Wildman–Crippen MR) is 41.8 cm³/mol. The van der Waals surface area contributed by atoms with Gasteiger partial charge in [0.05, 0.1) is 12.2 Å². The maximum absolute atomic E-state index is 5.64. The van der Waals surface area contributed by atoms with E-state index in [1.165, 1.54) is 0 Å². The van der Waals surface area contributed by atoms with Gasteiger partial charge in [-0.3, -0.25) is 0 Å². The van der Waals surface area contributed by atoms with Gasteiger partial charge < -0.3 is 10.5 Å². The van der Waals surface area contributed by atoms with Crippen molar-refractivity contribution in [3.63, 3.8) is 0 Å². The molecule has 0 aromatic rings. The van der Waals surface area contributed by atoms with E-state index in [4.69, 9.17) is 10.5 Å². The molecule has 0 bridgehead atoms. The van der Waals surface area contributed by atoms with Crippen molar-refractivity contribution in [1.29, 1.82) is 0 Å². The molecule has 2 nitrogen and oxygen atoms in total. The zero-order valence-corrected chi connectivity index (χ0v) is 7.05. The van der Waals surface area contributed by atoms with Crippen molar-refractivity contribution in [2.24, 2.45) is 11.1 Å². The molecule has 2 heteroatoms. The van der Waals surface area contributed by atoms with Crippen LogP contribution in [0.5, 0.6) is 0 Å². The highest BCUT2D eigenvalue weighted by atomic mass is 16.5. The molecule has 0 amide bonds. The Morgan fingerprint density at radius 3 is 2.40 bits per heavy atom. The number of hydrogen-bond donors (Lipinski definition) is 1. The first-order chi connectivity index (χ1) is 4.58. The summed E-state index contributed by atoms with van der Waals surface area (Å²) >= 11 is 0. The minimum Gasteiger partial charge on any atom is -0.375 e. The Morgan fingerprint density at radius 1 is 1.60 bits per heavy atom. The highest BCUT2D eigenvalue weighted by Gasteiger charge is 2.39. The van der Waals surface area contributed by atoms with Crippen LogP contribution in [0, 0.1) is 5.41 Å². The summed E-state index contributed by atoms with van der Waals surface area (Å²) in [6.45, 7) is 7.15. The Kier molecular flexibility index (Phi) is 2.02. The summed E-state index contributed by atoms with van der Waals surface area (Å²) in [4.78, 5) is 0. The third-order valence-corrected chi connectivity index (χ3v) is 2.64. The van der Waals surface area contributed by atoms with Crippen LogP contribution in [0.15, 0.2) is 0 Å². The van der Waals surface area contributed by atoms with Crippen molar-refractivity contribution in [2.75, 3.05) is 6.54 Å². The van der Waals surface area contributed by atoms with E-state index in [1.807, 2.05) is 0 Å². The van der Waals surface area contributed by atoms with Crippen LogP contribution in [-0.2, 0) is 4.74 Å². The zero-order valence-electron chi connectivity index (χ0n) is 7.05. The Morgan fingerprint density at radius 2 is 2.20 bits per heavy atom. The van der Waals surface area contributed by atoms with Crippen LogP contribution in [0.1, 0.15) is 27.2 Å². The molecule has 0 saturated carbocycles. The quantitative estimate of drug-likeness (QED) is 0.597. The van der Waals surface area contributed by atoms with E-state index in [9.17, 15) is 0 Å². The summed E-state index contributed by atoms with van der Waals surface area (Å²) < 4.78 is 5.59. The first-order valence-corrected chi connectivity index (χ1v) is 3.94. The van der Waals surface area contributed by atoms with Crippen molar-refractivity contribution in [1.82, 2.24) is 0 Å². The first-order valence-electron chi connectivity index (χ1n) is 3.94. The van der Waals surface area contributed by atoms with Crippen LogP contribution in [0.25, 0.3) is 0 Å². The molecule has 3 atom stereocenters. The van der Waals surface area contributed by atoms with Gasteiger partial charge in [-0.25, -0.2) is 0 Å². The minimum atomic E-state index is 0.222. The van der Waals surface area contributed by atoms with Gasteiger partial charge in [0.25, 0.3) is 0 Å². The summed E-state index contributed by atoms with van der Waals surface area (Å²) in [7, 11) is 0. The molecule has 10 heavy (non-hydrogen) atoms. The number of hydrogen-bond acceptors (Lipinski definition) is 2. The fourth-order valence-electron chi connectivity index (χ4n) is 1.63. The van der Waals surface area contributed by atoms with Gasteiger partial charge >= 0.3 is 0 Å². The normalized spacial score (nSPS) is 48.0. The maximum atomic E-state index is 5.64. The van der Waals surface area contributed by atoms with Gasteiger partial charge in [-0.2, -0.15) is 0 Å². The molecule has 1 rings (SSSR count). The standard InChI is InChI=1S/C8H17NO/c1-6-4-8(3,5-9)7(2)10-6/h6-7H,4-5,9H2,1-3H3/t6-,7-,8-/m1/s1. The second kappa shape index (κ2) is 2.51. The Bertz CT molecular complexity index is 126. The molecule has 1 heterocycles. The van der Waals surface area contributed by atoms with E-state index in [2.05, 4.69) is 20.8 Å². The Balaban J connectivity index is 2.61. The summed E-state index contributed by atoms with van der Waals surface area (Å²) in [5.41, 5.74) is 5.86. The lowest BCUT2D eigenvalue weighted by Gasteiger charge is -2.24. The number of rotatable bonds is 1. The average molecular weight is 143 g/mol. The topological polar surface area (TPSA) is 35.2 Å². The monoisotopic (exact) mass is 143 g/mol. The maximum Gasteiger partial charge on any atom is 0.0617 e. The van der Waals surface area contributed by atoms with Crippen molar-refractivity contribution in [3.8, 4) is 0 Å². The highest BCUT2D eigenvalue weighted by molar-refractivity contribution is 4.89. The van der Waals surface area contributed by atoms with Crippen LogP contribution < -0.4 is 5.73 Å².